The maximum absolute atomic E-state index is 11.2. The predicted molar refractivity (Wildman–Crippen MR) is 78.2 cm³/mol. The van der Waals surface area contributed by atoms with E-state index in [9.17, 15) is 9.90 Å². The predicted octanol–water partition coefficient (Wildman–Crippen LogP) is 3.69. The van der Waals surface area contributed by atoms with Gasteiger partial charge in [-0.15, -0.1) is 0 Å². The highest BCUT2D eigenvalue weighted by Gasteiger charge is 2.19. The Morgan fingerprint density at radius 1 is 1.50 bits per heavy atom. The van der Waals surface area contributed by atoms with Crippen LogP contribution >= 0.6 is 11.6 Å². The van der Waals surface area contributed by atoms with E-state index in [0.717, 1.165) is 5.39 Å². The molecule has 0 spiro atoms. The van der Waals surface area contributed by atoms with Gasteiger partial charge in [0.05, 0.1) is 5.02 Å². The number of allylic oxidation sites excluding steroid dienone is 1. The van der Waals surface area contributed by atoms with Crippen LogP contribution in [0.2, 0.25) is 5.02 Å². The van der Waals surface area contributed by atoms with Crippen molar-refractivity contribution in [3.8, 4) is 5.75 Å². The quantitative estimate of drug-likeness (QED) is 0.854. The van der Waals surface area contributed by atoms with E-state index in [4.69, 9.17) is 16.3 Å². The van der Waals surface area contributed by atoms with Crippen molar-refractivity contribution in [2.24, 2.45) is 0 Å². The number of benzene rings is 1. The minimum Gasteiger partial charge on any atom is -0.478 e. The van der Waals surface area contributed by atoms with Crippen molar-refractivity contribution in [3.63, 3.8) is 0 Å². The monoisotopic (exact) mass is 291 g/mol. The summed E-state index contributed by atoms with van der Waals surface area (Å²) in [4.78, 5) is 15.4. The molecule has 2 rings (SSSR count). The van der Waals surface area contributed by atoms with Gasteiger partial charge in [0.25, 0.3) is 0 Å². The Morgan fingerprint density at radius 3 is 3.00 bits per heavy atom. The third-order valence-corrected chi connectivity index (χ3v) is 3.14. The minimum atomic E-state index is -1.01. The van der Waals surface area contributed by atoms with Crippen LogP contribution < -0.4 is 4.74 Å². The number of hydrogen-bond acceptors (Lipinski definition) is 3. The van der Waals surface area contributed by atoms with E-state index in [2.05, 4.69) is 4.98 Å². The smallest absolute Gasteiger partial charge is 0.345 e. The topological polar surface area (TPSA) is 59.4 Å². The number of rotatable bonds is 5. The van der Waals surface area contributed by atoms with Crippen molar-refractivity contribution in [1.29, 1.82) is 0 Å². The number of aliphatic carboxylic acids is 1. The van der Waals surface area contributed by atoms with Crippen molar-refractivity contribution in [1.82, 2.24) is 4.98 Å². The molecule has 0 radical (unpaired) electrons. The highest BCUT2D eigenvalue weighted by Crippen LogP contribution is 2.30. The maximum atomic E-state index is 11.2. The van der Waals surface area contributed by atoms with E-state index in [0.29, 0.717) is 22.7 Å². The zero-order chi connectivity index (χ0) is 14.5. The number of carboxylic acids is 1. The van der Waals surface area contributed by atoms with Gasteiger partial charge in [0.15, 0.2) is 6.10 Å². The Kier molecular flexibility index (Phi) is 4.58. The van der Waals surface area contributed by atoms with Crippen molar-refractivity contribution in [2.75, 3.05) is 0 Å². The second kappa shape index (κ2) is 6.39. The Hall–Kier alpha value is -2.07. The lowest BCUT2D eigenvalue weighted by Gasteiger charge is -2.15. The molecule has 0 saturated carbocycles. The molecule has 2 aromatic rings. The fraction of sp³-hybridized carbons (Fsp3) is 0.200. The van der Waals surface area contributed by atoms with Gasteiger partial charge in [0.2, 0.25) is 0 Å². The molecule has 5 heteroatoms. The number of aromatic nitrogens is 1. The normalized spacial score (nSPS) is 12.7. The van der Waals surface area contributed by atoms with Gasteiger partial charge in [0.1, 0.15) is 11.3 Å². The molecule has 1 aromatic heterocycles. The number of ether oxygens (including phenoxy) is 1. The van der Waals surface area contributed by atoms with E-state index >= 15 is 0 Å². The first-order valence-corrected chi connectivity index (χ1v) is 6.55. The number of pyridine rings is 1. The molecular weight excluding hydrogens is 278 g/mol. The van der Waals surface area contributed by atoms with E-state index in [1.807, 2.05) is 13.0 Å². The van der Waals surface area contributed by atoms with Crippen LogP contribution in [-0.2, 0) is 4.79 Å². The third kappa shape index (κ3) is 3.08. The highest BCUT2D eigenvalue weighted by molar-refractivity contribution is 6.35. The molecule has 20 heavy (non-hydrogen) atoms. The van der Waals surface area contributed by atoms with Crippen molar-refractivity contribution < 1.29 is 14.6 Å². The van der Waals surface area contributed by atoms with Crippen LogP contribution in [0, 0.1) is 0 Å². The largest absolute Gasteiger partial charge is 0.478 e. The second-order valence-electron chi connectivity index (χ2n) is 4.19. The van der Waals surface area contributed by atoms with Crippen molar-refractivity contribution in [3.05, 3.63) is 47.6 Å². The molecule has 104 valence electrons. The summed E-state index contributed by atoms with van der Waals surface area (Å²) in [6.45, 7) is 1.83. The molecule has 4 nitrogen and oxygen atoms in total. The molecule has 1 N–H and O–H groups in total. The van der Waals surface area contributed by atoms with Crippen LogP contribution in [0.3, 0.4) is 0 Å². The van der Waals surface area contributed by atoms with E-state index in [-0.39, 0.29) is 0 Å². The first-order chi connectivity index (χ1) is 9.63. The Labute approximate surface area is 121 Å². The Balaban J connectivity index is 2.37. The van der Waals surface area contributed by atoms with Gasteiger partial charge in [0, 0.05) is 18.0 Å². The summed E-state index contributed by atoms with van der Waals surface area (Å²) in [7, 11) is 0. The molecule has 0 fully saturated rings. The molecule has 0 amide bonds. The highest BCUT2D eigenvalue weighted by atomic mass is 35.5. The van der Waals surface area contributed by atoms with Gasteiger partial charge in [-0.1, -0.05) is 23.8 Å². The molecule has 0 bridgehead atoms. The number of carbonyl (C=O) groups is 1. The van der Waals surface area contributed by atoms with Crippen LogP contribution in [0.15, 0.2) is 42.6 Å². The van der Waals surface area contributed by atoms with Crippen molar-refractivity contribution in [2.45, 2.75) is 19.4 Å². The number of carboxylic acid groups (broad SMARTS) is 1. The van der Waals surface area contributed by atoms with Crippen LogP contribution in [0.4, 0.5) is 0 Å². The summed E-state index contributed by atoms with van der Waals surface area (Å²) in [5, 5.41) is 10.5. The molecule has 0 saturated heterocycles. The summed E-state index contributed by atoms with van der Waals surface area (Å²) >= 11 is 6.09. The molecule has 0 aliphatic carbocycles. The van der Waals surface area contributed by atoms with Crippen LogP contribution in [0.5, 0.6) is 5.75 Å². The van der Waals surface area contributed by atoms with Gasteiger partial charge in [-0.2, -0.15) is 0 Å². The van der Waals surface area contributed by atoms with Gasteiger partial charge >= 0.3 is 5.97 Å². The molecule has 0 aliphatic heterocycles. The molecule has 1 heterocycles. The lowest BCUT2D eigenvalue weighted by Crippen LogP contribution is -2.26. The minimum absolute atomic E-state index is 0.294. The molecule has 1 atom stereocenters. The summed E-state index contributed by atoms with van der Waals surface area (Å²) in [5.41, 5.74) is 0.562. The van der Waals surface area contributed by atoms with Gasteiger partial charge in [-0.25, -0.2) is 4.79 Å². The molecule has 1 unspecified atom stereocenters. The number of hydrogen-bond donors (Lipinski definition) is 1. The summed E-state index contributed by atoms with van der Waals surface area (Å²) in [6.07, 6.45) is 4.51. The Morgan fingerprint density at radius 2 is 2.30 bits per heavy atom. The summed E-state index contributed by atoms with van der Waals surface area (Å²) < 4.78 is 5.57. The Bertz CT molecular complexity index is 655. The third-order valence-electron chi connectivity index (χ3n) is 2.81. The first-order valence-electron chi connectivity index (χ1n) is 6.17. The fourth-order valence-electron chi connectivity index (χ4n) is 1.82. The first kappa shape index (κ1) is 14.3. The number of fused-ring (bicyclic) bond motifs is 1. The average Bonchev–Trinajstić information content (AvgIpc) is 2.45. The van der Waals surface area contributed by atoms with E-state index in [1.165, 1.54) is 0 Å². The SMILES string of the molecule is CC=CCC(Oc1ccc(Cl)c2cccnc12)C(=O)O. The van der Waals surface area contributed by atoms with Crippen molar-refractivity contribution >= 4 is 28.5 Å². The molecule has 0 aliphatic rings. The lowest BCUT2D eigenvalue weighted by molar-refractivity contribution is -0.144. The molecular formula is C15H14ClNO3. The summed E-state index contributed by atoms with van der Waals surface area (Å²) in [6, 6.07) is 6.91. The van der Waals surface area contributed by atoms with Crippen LogP contribution in [0.1, 0.15) is 13.3 Å². The second-order valence-corrected chi connectivity index (χ2v) is 4.60. The average molecular weight is 292 g/mol. The van der Waals surface area contributed by atoms with Gasteiger partial charge < -0.3 is 9.84 Å². The van der Waals surface area contributed by atoms with Gasteiger partial charge in [-0.3, -0.25) is 4.98 Å². The molecule has 1 aromatic carbocycles. The fourth-order valence-corrected chi connectivity index (χ4v) is 2.03. The van der Waals surface area contributed by atoms with Crippen LogP contribution in [-0.4, -0.2) is 22.2 Å². The number of halogens is 1. The zero-order valence-corrected chi connectivity index (χ0v) is 11.7. The van der Waals surface area contributed by atoms with Crippen LogP contribution in [0.25, 0.3) is 10.9 Å². The van der Waals surface area contributed by atoms with E-state index < -0.39 is 12.1 Å². The van der Waals surface area contributed by atoms with Gasteiger partial charge in [-0.05, 0) is 31.2 Å². The maximum Gasteiger partial charge on any atom is 0.345 e. The summed E-state index contributed by atoms with van der Waals surface area (Å²) in [5.74, 6) is -0.593. The zero-order valence-electron chi connectivity index (χ0n) is 10.9. The van der Waals surface area contributed by atoms with E-state index in [1.54, 1.807) is 36.5 Å². The standard InChI is InChI=1S/C15H14ClNO3/c1-2-3-6-13(15(18)19)20-12-8-7-11(16)10-5-4-9-17-14(10)12/h2-5,7-9,13H,6H2,1H3,(H,18,19). The lowest BCUT2D eigenvalue weighted by atomic mass is 10.2. The number of nitrogens with zero attached hydrogens (tertiary/aromatic N) is 1.